The summed E-state index contributed by atoms with van der Waals surface area (Å²) in [4.78, 5) is 12.2. The van der Waals surface area contributed by atoms with Gasteiger partial charge in [0.05, 0.1) is 10.6 Å². The van der Waals surface area contributed by atoms with E-state index < -0.39 is 0 Å². The third-order valence-electron chi connectivity index (χ3n) is 4.67. The number of nitrogens with one attached hydrogen (secondary N) is 1. The number of anilines is 2. The first-order valence-corrected chi connectivity index (χ1v) is 9.66. The largest absolute Gasteiger partial charge is 0.324 e. The van der Waals surface area contributed by atoms with Gasteiger partial charge in [-0.1, -0.05) is 23.9 Å². The normalized spacial score (nSPS) is 17.9. The molecule has 4 nitrogen and oxygen atoms in total. The molecule has 0 atom stereocenters. The van der Waals surface area contributed by atoms with Crippen LogP contribution in [0.5, 0.6) is 0 Å². The van der Waals surface area contributed by atoms with E-state index >= 15 is 0 Å². The van der Waals surface area contributed by atoms with Gasteiger partial charge in [0.25, 0.3) is 0 Å². The predicted molar refractivity (Wildman–Crippen MR) is 100 cm³/mol. The van der Waals surface area contributed by atoms with Crippen LogP contribution < -0.4 is 10.2 Å². The van der Waals surface area contributed by atoms with E-state index in [-0.39, 0.29) is 0 Å². The van der Waals surface area contributed by atoms with E-state index in [1.807, 2.05) is 24.0 Å². The molecule has 2 aliphatic heterocycles. The molecule has 0 unspecified atom stereocenters. The number of hydrogen-bond acceptors (Lipinski definition) is 5. The van der Waals surface area contributed by atoms with Crippen LogP contribution >= 0.6 is 11.8 Å². The summed E-state index contributed by atoms with van der Waals surface area (Å²) in [6.07, 6.45) is 4.32. The van der Waals surface area contributed by atoms with Crippen molar-refractivity contribution in [2.24, 2.45) is 0 Å². The minimum atomic E-state index is 1.02. The van der Waals surface area contributed by atoms with Gasteiger partial charge in [0.2, 0.25) is 0 Å². The van der Waals surface area contributed by atoms with Gasteiger partial charge in [-0.3, -0.25) is 0 Å². The van der Waals surface area contributed by atoms with E-state index in [1.165, 1.54) is 35.0 Å². The van der Waals surface area contributed by atoms with Gasteiger partial charge >= 0.3 is 0 Å². The fourth-order valence-corrected chi connectivity index (χ4v) is 4.53. The lowest BCUT2D eigenvalue weighted by atomic mass is 10.2. The summed E-state index contributed by atoms with van der Waals surface area (Å²) >= 11 is 1.83. The molecule has 1 fully saturated rings. The van der Waals surface area contributed by atoms with Crippen LogP contribution in [0.15, 0.2) is 52.4 Å². The summed E-state index contributed by atoms with van der Waals surface area (Å²) in [6.45, 7) is 6.84. The number of pyridine rings is 1. The summed E-state index contributed by atoms with van der Waals surface area (Å²) in [5.41, 5.74) is 1.30. The highest BCUT2D eigenvalue weighted by atomic mass is 32.2. The van der Waals surface area contributed by atoms with Gasteiger partial charge in [0, 0.05) is 30.7 Å². The maximum absolute atomic E-state index is 4.66. The van der Waals surface area contributed by atoms with Gasteiger partial charge in [-0.15, -0.1) is 0 Å². The van der Waals surface area contributed by atoms with Crippen LogP contribution in [-0.2, 0) is 0 Å². The summed E-state index contributed by atoms with van der Waals surface area (Å²) in [5, 5.41) is 3.48. The zero-order chi connectivity index (χ0) is 16.2. The van der Waals surface area contributed by atoms with Gasteiger partial charge in [-0.25, -0.2) is 4.98 Å². The molecule has 0 spiro atoms. The van der Waals surface area contributed by atoms with Crippen molar-refractivity contribution in [1.82, 2.24) is 15.2 Å². The molecule has 5 heteroatoms. The number of nitrogens with zero attached hydrogens (tertiary/aromatic N) is 3. The Morgan fingerprint density at radius 1 is 1.00 bits per heavy atom. The maximum atomic E-state index is 4.66. The Balaban J connectivity index is 1.48. The van der Waals surface area contributed by atoms with E-state index in [0.717, 1.165) is 38.4 Å². The fourth-order valence-electron chi connectivity index (χ4n) is 3.47. The Morgan fingerprint density at radius 3 is 2.92 bits per heavy atom. The summed E-state index contributed by atoms with van der Waals surface area (Å²) in [7, 11) is 0. The quantitative estimate of drug-likeness (QED) is 0.922. The lowest BCUT2D eigenvalue weighted by Crippen LogP contribution is -2.32. The van der Waals surface area contributed by atoms with E-state index in [4.69, 9.17) is 0 Å². The molecule has 1 N–H and O–H groups in total. The molecular weight excluding hydrogens is 316 g/mol. The topological polar surface area (TPSA) is 31.4 Å². The van der Waals surface area contributed by atoms with Gasteiger partial charge in [-0.2, -0.15) is 0 Å². The second kappa shape index (κ2) is 7.55. The number of rotatable bonds is 4. The highest BCUT2D eigenvalue weighted by molar-refractivity contribution is 7.99. The Kier molecular flexibility index (Phi) is 5.02. The van der Waals surface area contributed by atoms with Gasteiger partial charge < -0.3 is 15.1 Å². The Hall–Kier alpha value is -1.56. The van der Waals surface area contributed by atoms with E-state index in [0.29, 0.717) is 0 Å². The maximum Gasteiger partial charge on any atom is 0.147 e. The van der Waals surface area contributed by atoms with Crippen LogP contribution in [0.4, 0.5) is 11.5 Å². The van der Waals surface area contributed by atoms with E-state index in [1.54, 1.807) is 0 Å². The Labute approximate surface area is 148 Å². The lowest BCUT2D eigenvalue weighted by Gasteiger charge is -2.32. The monoisotopic (exact) mass is 340 g/mol. The standard InChI is InChI=1S/C19H24N4S/c1-2-7-17-16(6-1)23(19-18(24-17)8-3-10-21-19)14-5-13-22-12-4-9-20-11-15-22/h1-3,6-8,10,20H,4-5,9,11-15H2. The van der Waals surface area contributed by atoms with Gasteiger partial charge in [-0.05, 0) is 56.7 Å². The Morgan fingerprint density at radius 2 is 1.92 bits per heavy atom. The number of benzene rings is 1. The van der Waals surface area contributed by atoms with Crippen LogP contribution in [0.1, 0.15) is 12.8 Å². The molecule has 1 aromatic carbocycles. The highest BCUT2D eigenvalue weighted by Gasteiger charge is 2.23. The predicted octanol–water partition coefficient (Wildman–Crippen LogP) is 3.37. The van der Waals surface area contributed by atoms with Crippen molar-refractivity contribution in [1.29, 1.82) is 0 Å². The molecule has 0 radical (unpaired) electrons. The molecule has 2 aliphatic rings. The molecule has 0 saturated carbocycles. The molecule has 24 heavy (non-hydrogen) atoms. The van der Waals surface area contributed by atoms with Crippen molar-refractivity contribution >= 4 is 23.3 Å². The second-order valence-corrected chi connectivity index (χ2v) is 7.43. The summed E-state index contributed by atoms with van der Waals surface area (Å²) in [6, 6.07) is 12.9. The van der Waals surface area contributed by atoms with Crippen LogP contribution in [0, 0.1) is 0 Å². The van der Waals surface area contributed by atoms with Crippen molar-refractivity contribution in [3.63, 3.8) is 0 Å². The minimum Gasteiger partial charge on any atom is -0.324 e. The SMILES string of the molecule is c1ccc2c(c1)Sc1cccnc1N2CCCN1CCCNCC1. The number of hydrogen-bond donors (Lipinski definition) is 1. The third-order valence-corrected chi connectivity index (χ3v) is 5.77. The van der Waals surface area contributed by atoms with E-state index in [2.05, 4.69) is 50.4 Å². The summed E-state index contributed by atoms with van der Waals surface area (Å²) in [5.74, 6) is 1.11. The summed E-state index contributed by atoms with van der Waals surface area (Å²) < 4.78 is 0. The average Bonchev–Trinajstić information content (AvgIpc) is 2.90. The van der Waals surface area contributed by atoms with Gasteiger partial charge in [0.15, 0.2) is 0 Å². The van der Waals surface area contributed by atoms with Crippen molar-refractivity contribution in [3.05, 3.63) is 42.6 Å². The zero-order valence-corrected chi connectivity index (χ0v) is 14.8. The molecule has 0 amide bonds. The molecule has 2 aromatic rings. The molecular formula is C19H24N4S. The molecule has 3 heterocycles. The number of para-hydroxylation sites is 1. The molecule has 0 bridgehead atoms. The van der Waals surface area contributed by atoms with Gasteiger partial charge in [0.1, 0.15) is 5.82 Å². The fraction of sp³-hybridized carbons (Fsp3) is 0.421. The number of aromatic nitrogens is 1. The van der Waals surface area contributed by atoms with Crippen molar-refractivity contribution in [3.8, 4) is 0 Å². The van der Waals surface area contributed by atoms with Crippen LogP contribution in [-0.4, -0.2) is 49.2 Å². The first kappa shape index (κ1) is 15.9. The zero-order valence-electron chi connectivity index (χ0n) is 13.9. The Bertz CT molecular complexity index is 637. The van der Waals surface area contributed by atoms with Crippen LogP contribution in [0.2, 0.25) is 0 Å². The minimum absolute atomic E-state index is 1.02. The molecule has 1 aromatic heterocycles. The van der Waals surface area contributed by atoms with Crippen molar-refractivity contribution in [2.75, 3.05) is 44.2 Å². The smallest absolute Gasteiger partial charge is 0.147 e. The number of fused-ring (bicyclic) bond motifs is 2. The third kappa shape index (κ3) is 3.43. The first-order chi connectivity index (χ1) is 11.9. The molecule has 126 valence electrons. The van der Waals surface area contributed by atoms with Crippen LogP contribution in [0.25, 0.3) is 0 Å². The van der Waals surface area contributed by atoms with Crippen molar-refractivity contribution < 1.29 is 0 Å². The average molecular weight is 340 g/mol. The highest BCUT2D eigenvalue weighted by Crippen LogP contribution is 2.46. The first-order valence-electron chi connectivity index (χ1n) is 8.84. The second-order valence-electron chi connectivity index (χ2n) is 6.35. The van der Waals surface area contributed by atoms with Crippen LogP contribution in [0.3, 0.4) is 0 Å². The van der Waals surface area contributed by atoms with Crippen molar-refractivity contribution in [2.45, 2.75) is 22.6 Å². The molecule has 1 saturated heterocycles. The molecule has 4 rings (SSSR count). The van der Waals surface area contributed by atoms with E-state index in [9.17, 15) is 0 Å². The lowest BCUT2D eigenvalue weighted by molar-refractivity contribution is 0.290. The molecule has 0 aliphatic carbocycles.